The van der Waals surface area contributed by atoms with Crippen molar-refractivity contribution in [2.24, 2.45) is 5.92 Å². The molecule has 4 amide bonds. The third-order valence-electron chi connectivity index (χ3n) is 8.45. The van der Waals surface area contributed by atoms with E-state index in [0.717, 1.165) is 11.8 Å². The van der Waals surface area contributed by atoms with Gasteiger partial charge in [0.05, 0.1) is 32.0 Å². The van der Waals surface area contributed by atoms with Gasteiger partial charge in [-0.05, 0) is 49.4 Å². The van der Waals surface area contributed by atoms with Crippen LogP contribution >= 0.6 is 0 Å². The smallest absolute Gasteiger partial charge is 0.256 e. The number of nitrogens with zero attached hydrogens (tertiary/aromatic N) is 5. The second kappa shape index (κ2) is 17.4. The molecule has 0 fully saturated rings. The van der Waals surface area contributed by atoms with Gasteiger partial charge in [-0.2, -0.15) is 5.10 Å². The highest BCUT2D eigenvalue weighted by atomic mass is 19.1. The fraction of sp³-hybridized carbons (Fsp3) is 0.500. The Bertz CT molecular complexity index is 1630. The molecule has 3 N–H and O–H groups in total. The number of benzene rings is 1. The largest absolute Gasteiger partial charge is 0.493 e. The number of fused-ring (bicyclic) bond motifs is 1. The first kappa shape index (κ1) is 36.8. The summed E-state index contributed by atoms with van der Waals surface area (Å²) in [5, 5.41) is 13.3. The van der Waals surface area contributed by atoms with E-state index < -0.39 is 29.7 Å². The number of pyridine rings is 1. The molecule has 49 heavy (non-hydrogen) atoms. The Hall–Kier alpha value is -5.08. The first-order valence-electron chi connectivity index (χ1n) is 16.4. The van der Waals surface area contributed by atoms with E-state index in [2.05, 4.69) is 26.0 Å². The Labute approximate surface area is 285 Å². The summed E-state index contributed by atoms with van der Waals surface area (Å²) in [4.78, 5) is 63.0. The second-order valence-corrected chi connectivity index (χ2v) is 12.0. The molecule has 2 aromatic heterocycles. The Morgan fingerprint density at radius 3 is 2.53 bits per heavy atom. The van der Waals surface area contributed by atoms with E-state index in [9.17, 15) is 23.6 Å². The van der Waals surface area contributed by atoms with Gasteiger partial charge in [-0.25, -0.2) is 14.1 Å². The van der Waals surface area contributed by atoms with Crippen LogP contribution in [0.2, 0.25) is 0 Å². The highest BCUT2D eigenvalue weighted by molar-refractivity contribution is 5.94. The fourth-order valence-corrected chi connectivity index (χ4v) is 5.56. The van der Waals surface area contributed by atoms with Crippen LogP contribution in [0.4, 0.5) is 4.39 Å². The summed E-state index contributed by atoms with van der Waals surface area (Å²) in [6, 6.07) is 5.28. The number of nitrogens with one attached hydrogen (secondary N) is 3. The molecule has 4 rings (SSSR count). The van der Waals surface area contributed by atoms with Gasteiger partial charge in [0.15, 0.2) is 23.1 Å². The van der Waals surface area contributed by atoms with Crippen LogP contribution in [0.15, 0.2) is 36.7 Å². The lowest BCUT2D eigenvalue weighted by atomic mass is 9.97. The molecule has 0 bridgehead atoms. The average Bonchev–Trinajstić information content (AvgIpc) is 3.48. The van der Waals surface area contributed by atoms with Crippen molar-refractivity contribution in [2.45, 2.75) is 71.5 Å². The fourth-order valence-electron chi connectivity index (χ4n) is 5.56. The number of methoxy groups -OCH3 is 2. The monoisotopic (exact) mass is 680 g/mol. The third-order valence-corrected chi connectivity index (χ3v) is 8.45. The van der Waals surface area contributed by atoms with E-state index >= 15 is 0 Å². The van der Waals surface area contributed by atoms with Crippen LogP contribution in [0.3, 0.4) is 0 Å². The van der Waals surface area contributed by atoms with Crippen molar-refractivity contribution in [3.8, 4) is 11.5 Å². The van der Waals surface area contributed by atoms with Gasteiger partial charge in [-0.1, -0.05) is 26.3 Å². The van der Waals surface area contributed by atoms with Gasteiger partial charge < -0.3 is 30.3 Å². The van der Waals surface area contributed by atoms with Crippen LogP contribution in [-0.4, -0.2) is 88.2 Å². The van der Waals surface area contributed by atoms with Crippen molar-refractivity contribution in [1.29, 1.82) is 0 Å². The predicted molar refractivity (Wildman–Crippen MR) is 177 cm³/mol. The van der Waals surface area contributed by atoms with Crippen molar-refractivity contribution in [3.63, 3.8) is 0 Å². The Balaban J connectivity index is 1.61. The maximum absolute atomic E-state index is 14.4. The van der Waals surface area contributed by atoms with Crippen LogP contribution in [0.1, 0.15) is 80.1 Å². The summed E-state index contributed by atoms with van der Waals surface area (Å²) in [7, 11) is 3.10. The zero-order chi connectivity index (χ0) is 35.5. The number of rotatable bonds is 7. The molecule has 3 heterocycles. The van der Waals surface area contributed by atoms with E-state index in [4.69, 9.17) is 14.5 Å². The van der Waals surface area contributed by atoms with Crippen LogP contribution in [0.5, 0.6) is 11.5 Å². The van der Waals surface area contributed by atoms with Crippen molar-refractivity contribution in [1.82, 2.24) is 40.6 Å². The highest BCUT2D eigenvalue weighted by Gasteiger charge is 2.29. The lowest BCUT2D eigenvalue weighted by Gasteiger charge is -2.26. The van der Waals surface area contributed by atoms with Crippen LogP contribution in [0, 0.1) is 11.7 Å². The molecule has 1 aliphatic rings. The quantitative estimate of drug-likeness (QED) is 0.340. The molecule has 15 heteroatoms. The van der Waals surface area contributed by atoms with Gasteiger partial charge in [0.2, 0.25) is 17.7 Å². The topological polar surface area (TPSA) is 170 Å². The number of amides is 4. The number of ether oxygens (including phenoxy) is 2. The molecule has 0 saturated carbocycles. The van der Waals surface area contributed by atoms with E-state index in [1.165, 1.54) is 21.8 Å². The Kier molecular flexibility index (Phi) is 13.0. The van der Waals surface area contributed by atoms with Crippen molar-refractivity contribution in [2.75, 3.05) is 33.9 Å². The van der Waals surface area contributed by atoms with E-state index in [1.54, 1.807) is 27.2 Å². The number of hydrogen-bond acceptors (Lipinski definition) is 9. The summed E-state index contributed by atoms with van der Waals surface area (Å²) in [6.07, 6.45) is 3.96. The molecule has 1 aromatic carbocycles. The summed E-state index contributed by atoms with van der Waals surface area (Å²) in [5.74, 6) is -0.653. The highest BCUT2D eigenvalue weighted by Crippen LogP contribution is 2.28. The van der Waals surface area contributed by atoms with Crippen molar-refractivity contribution < 1.29 is 33.0 Å². The molecule has 0 saturated heterocycles. The van der Waals surface area contributed by atoms with Gasteiger partial charge in [-0.15, -0.1) is 0 Å². The van der Waals surface area contributed by atoms with Crippen LogP contribution in [-0.2, 0) is 27.3 Å². The minimum atomic E-state index is -0.839. The van der Waals surface area contributed by atoms with Crippen LogP contribution < -0.4 is 25.4 Å². The van der Waals surface area contributed by atoms with Crippen LogP contribution in [0.25, 0.3) is 0 Å². The molecular weight excluding hydrogens is 635 g/mol. The molecule has 0 aliphatic carbocycles. The van der Waals surface area contributed by atoms with E-state index in [1.807, 2.05) is 26.0 Å². The molecule has 264 valence electrons. The van der Waals surface area contributed by atoms with Gasteiger partial charge in [0, 0.05) is 38.7 Å². The molecular formula is C34H45FN8O6. The molecule has 1 aliphatic heterocycles. The molecule has 0 radical (unpaired) electrons. The second-order valence-electron chi connectivity index (χ2n) is 12.0. The van der Waals surface area contributed by atoms with Gasteiger partial charge in [0.25, 0.3) is 5.91 Å². The zero-order valence-corrected chi connectivity index (χ0v) is 28.6. The maximum atomic E-state index is 14.4. The Morgan fingerprint density at radius 2 is 1.82 bits per heavy atom. The zero-order valence-electron chi connectivity index (χ0n) is 28.6. The first-order valence-corrected chi connectivity index (χ1v) is 16.4. The van der Waals surface area contributed by atoms with E-state index in [-0.39, 0.29) is 62.3 Å². The van der Waals surface area contributed by atoms with Crippen molar-refractivity contribution >= 4 is 23.6 Å². The van der Waals surface area contributed by atoms with Gasteiger partial charge in [-0.3, -0.25) is 24.2 Å². The number of aromatic nitrogens is 4. The first-order chi connectivity index (χ1) is 23.5. The normalized spacial score (nSPS) is 19.0. The molecule has 14 nitrogen and oxygen atoms in total. The average molecular weight is 681 g/mol. The lowest BCUT2D eigenvalue weighted by Crippen LogP contribution is -2.51. The minimum Gasteiger partial charge on any atom is -0.493 e. The summed E-state index contributed by atoms with van der Waals surface area (Å²) >= 11 is 0. The summed E-state index contributed by atoms with van der Waals surface area (Å²) in [6.45, 7) is 5.99. The Morgan fingerprint density at radius 1 is 1.06 bits per heavy atom. The van der Waals surface area contributed by atoms with Gasteiger partial charge in [0.1, 0.15) is 18.4 Å². The maximum Gasteiger partial charge on any atom is 0.256 e. The molecule has 0 spiro atoms. The molecule has 3 atom stereocenters. The molecule has 0 unspecified atom stereocenters. The third kappa shape index (κ3) is 9.74. The standard InChI is InChI=1S/C34H45FN8O6/c1-6-21(2)31-33(46)38-22(3)32-39-28(18-23-10-11-26(48-4)27(17-23)49-5)41-43(32)20-30(45)37-13-8-16-42(15-7-9-29(44)40-31)34(47)24-12-14-36-19-25(24)35/h10-12,14,17,19,21-22,31H,6-9,13,15-16,18,20H2,1-5H3,(H,37,45)(H,38,46)(H,40,44)/t21-,22+,31-/m0/s1. The number of carbonyl (C=O) groups excluding carboxylic acids is 4. The number of halogens is 1. The minimum absolute atomic E-state index is 0.0446. The lowest BCUT2D eigenvalue weighted by molar-refractivity contribution is -0.130. The van der Waals surface area contributed by atoms with Gasteiger partial charge >= 0.3 is 0 Å². The summed E-state index contributed by atoms with van der Waals surface area (Å²) in [5.41, 5.74) is 0.717. The molecule has 3 aromatic rings. The van der Waals surface area contributed by atoms with Crippen molar-refractivity contribution in [3.05, 3.63) is 65.3 Å². The van der Waals surface area contributed by atoms with E-state index in [0.29, 0.717) is 42.4 Å². The SMILES string of the molecule is CC[C@H](C)[C@@H]1NC(=O)CCCN(C(=O)c2ccncc2F)CCCNC(=O)Cn2nc(Cc3ccc(OC)c(OC)c3)nc2[C@@H](C)NC1=O. The number of hydrogen-bond donors (Lipinski definition) is 3. The summed E-state index contributed by atoms with van der Waals surface area (Å²) < 4.78 is 26.7. The number of carbonyl (C=O) groups is 4. The predicted octanol–water partition coefficient (Wildman–Crippen LogP) is 2.57.